The molecule has 178 valence electrons. The minimum atomic E-state index is -0.965. The van der Waals surface area contributed by atoms with Gasteiger partial charge < -0.3 is 19.7 Å². The first kappa shape index (κ1) is 22.6. The number of aliphatic carboxylic acids is 1. The number of carboxylic acid groups (broad SMARTS) is 1. The number of aromatic nitrogens is 6. The smallest absolute Gasteiger partial charge is 0.326 e. The van der Waals surface area contributed by atoms with E-state index in [1.807, 2.05) is 48.7 Å². The van der Waals surface area contributed by atoms with Crippen LogP contribution in [0.4, 0.5) is 5.88 Å². The van der Waals surface area contributed by atoms with E-state index in [0.717, 1.165) is 16.5 Å². The molecule has 0 aliphatic heterocycles. The molecule has 0 bridgehead atoms. The average molecular weight is 492 g/mol. The van der Waals surface area contributed by atoms with E-state index in [1.165, 1.54) is 0 Å². The van der Waals surface area contributed by atoms with Crippen LogP contribution in [0.25, 0.3) is 27.9 Å². The van der Waals surface area contributed by atoms with Crippen molar-refractivity contribution in [1.82, 2.24) is 30.0 Å². The first-order valence-corrected chi connectivity index (χ1v) is 12.2. The second kappa shape index (κ2) is 9.97. The van der Waals surface area contributed by atoms with Crippen LogP contribution in [-0.4, -0.2) is 59.1 Å². The van der Waals surface area contributed by atoms with Gasteiger partial charge in [-0.25, -0.2) is 4.79 Å². The van der Waals surface area contributed by atoms with Gasteiger partial charge in [-0.2, -0.15) is 16.3 Å². The lowest BCUT2D eigenvalue weighted by atomic mass is 10.2. The number of carbonyl (C=O) groups is 1. The number of pyridine rings is 1. The summed E-state index contributed by atoms with van der Waals surface area (Å²) in [5, 5.41) is 31.2. The molecule has 0 aliphatic carbocycles. The number of thioether (sulfide) groups is 1. The normalized spacial score (nSPS) is 12.1. The molecule has 12 heteroatoms. The molecular formula is C23H21N7O4S. The van der Waals surface area contributed by atoms with Crippen molar-refractivity contribution in [3.63, 3.8) is 0 Å². The van der Waals surface area contributed by atoms with Crippen LogP contribution in [0.1, 0.15) is 12.1 Å². The predicted octanol–water partition coefficient (Wildman–Crippen LogP) is 3.52. The number of rotatable bonds is 10. The fourth-order valence-electron chi connectivity index (χ4n) is 3.56. The Morgan fingerprint density at radius 1 is 1.20 bits per heavy atom. The van der Waals surface area contributed by atoms with Crippen LogP contribution >= 0.6 is 11.8 Å². The standard InChI is InChI=1S/C23H21N7O4S/c1-35-11-9-17(23(31)32)25-19-12-18(29-34-19)21-27-26-20-15-7-2-3-8-16(15)22(28-30(20)21)33-13-14-6-4-5-10-24-14/h2-8,10,12,17,25H,9,11,13H2,1H3,(H,31,32)/t17-/m0/s1. The van der Waals surface area contributed by atoms with Gasteiger partial charge in [0.05, 0.1) is 5.69 Å². The fraction of sp³-hybridized carbons (Fsp3) is 0.217. The third-order valence-electron chi connectivity index (χ3n) is 5.28. The summed E-state index contributed by atoms with van der Waals surface area (Å²) in [6, 6.07) is 14.0. The molecule has 0 amide bonds. The first-order valence-electron chi connectivity index (χ1n) is 10.8. The highest BCUT2D eigenvalue weighted by molar-refractivity contribution is 7.98. The second-order valence-corrected chi connectivity index (χ2v) is 8.60. The lowest BCUT2D eigenvalue weighted by molar-refractivity contribution is -0.138. The number of benzene rings is 1. The number of fused-ring (bicyclic) bond motifs is 3. The summed E-state index contributed by atoms with van der Waals surface area (Å²) in [4.78, 5) is 15.8. The van der Waals surface area contributed by atoms with Crippen LogP contribution in [0.15, 0.2) is 59.3 Å². The molecule has 2 N–H and O–H groups in total. The zero-order chi connectivity index (χ0) is 24.2. The Morgan fingerprint density at radius 3 is 2.80 bits per heavy atom. The molecule has 35 heavy (non-hydrogen) atoms. The van der Waals surface area contributed by atoms with Crippen LogP contribution in [0.2, 0.25) is 0 Å². The van der Waals surface area contributed by atoms with Crippen molar-refractivity contribution < 1.29 is 19.2 Å². The molecule has 0 saturated heterocycles. The molecule has 0 unspecified atom stereocenters. The van der Waals surface area contributed by atoms with Crippen molar-refractivity contribution in [3.8, 4) is 17.4 Å². The molecule has 1 atom stereocenters. The number of hydrogen-bond donors (Lipinski definition) is 2. The summed E-state index contributed by atoms with van der Waals surface area (Å²) in [7, 11) is 0. The molecule has 5 rings (SSSR count). The van der Waals surface area contributed by atoms with E-state index in [0.29, 0.717) is 35.2 Å². The van der Waals surface area contributed by atoms with E-state index in [9.17, 15) is 9.90 Å². The van der Waals surface area contributed by atoms with Crippen LogP contribution in [0.3, 0.4) is 0 Å². The maximum Gasteiger partial charge on any atom is 0.326 e. The van der Waals surface area contributed by atoms with Crippen molar-refractivity contribution in [1.29, 1.82) is 0 Å². The molecule has 5 aromatic rings. The Balaban J connectivity index is 1.49. The van der Waals surface area contributed by atoms with E-state index >= 15 is 0 Å². The topological polar surface area (TPSA) is 141 Å². The lowest BCUT2D eigenvalue weighted by Gasteiger charge is -2.11. The minimum Gasteiger partial charge on any atom is -0.480 e. The molecule has 4 heterocycles. The molecule has 0 aliphatic rings. The predicted molar refractivity (Wildman–Crippen MR) is 130 cm³/mol. The highest BCUT2D eigenvalue weighted by Gasteiger charge is 2.22. The van der Waals surface area contributed by atoms with E-state index < -0.39 is 12.0 Å². The van der Waals surface area contributed by atoms with Gasteiger partial charge in [-0.1, -0.05) is 29.4 Å². The Hall–Kier alpha value is -4.19. The van der Waals surface area contributed by atoms with Gasteiger partial charge in [-0.3, -0.25) is 4.98 Å². The van der Waals surface area contributed by atoms with Gasteiger partial charge in [0.15, 0.2) is 11.3 Å². The molecule has 4 aromatic heterocycles. The summed E-state index contributed by atoms with van der Waals surface area (Å²) in [6.07, 6.45) is 4.06. The Kier molecular flexibility index (Phi) is 6.44. The van der Waals surface area contributed by atoms with Crippen molar-refractivity contribution in [2.24, 2.45) is 0 Å². The molecule has 11 nitrogen and oxygen atoms in total. The molecular weight excluding hydrogens is 470 g/mol. The maximum atomic E-state index is 11.6. The van der Waals surface area contributed by atoms with E-state index in [4.69, 9.17) is 9.26 Å². The quantitative estimate of drug-likeness (QED) is 0.296. The monoisotopic (exact) mass is 491 g/mol. The van der Waals surface area contributed by atoms with Gasteiger partial charge in [0.1, 0.15) is 12.6 Å². The van der Waals surface area contributed by atoms with E-state index in [2.05, 4.69) is 30.8 Å². The van der Waals surface area contributed by atoms with Crippen molar-refractivity contribution in [2.45, 2.75) is 19.1 Å². The third kappa shape index (κ3) is 4.73. The maximum absolute atomic E-state index is 11.6. The minimum absolute atomic E-state index is 0.220. The highest BCUT2D eigenvalue weighted by atomic mass is 32.2. The summed E-state index contributed by atoms with van der Waals surface area (Å²) in [5.74, 6) is 0.675. The van der Waals surface area contributed by atoms with Crippen LogP contribution in [0.5, 0.6) is 5.88 Å². The number of hydrogen-bond acceptors (Lipinski definition) is 10. The third-order valence-corrected chi connectivity index (χ3v) is 5.92. The average Bonchev–Trinajstić information content (AvgIpc) is 3.52. The van der Waals surface area contributed by atoms with Gasteiger partial charge in [0, 0.05) is 23.0 Å². The molecule has 0 spiro atoms. The Bertz CT molecular complexity index is 1470. The van der Waals surface area contributed by atoms with Crippen LogP contribution < -0.4 is 10.1 Å². The molecule has 1 aromatic carbocycles. The van der Waals surface area contributed by atoms with E-state index in [1.54, 1.807) is 28.5 Å². The van der Waals surface area contributed by atoms with Gasteiger partial charge >= 0.3 is 5.97 Å². The zero-order valence-corrected chi connectivity index (χ0v) is 19.5. The van der Waals surface area contributed by atoms with Crippen LogP contribution in [0, 0.1) is 0 Å². The largest absolute Gasteiger partial charge is 0.480 e. The molecule has 0 saturated carbocycles. The lowest BCUT2D eigenvalue weighted by Crippen LogP contribution is -2.29. The van der Waals surface area contributed by atoms with Gasteiger partial charge in [0.25, 0.3) is 0 Å². The Morgan fingerprint density at radius 2 is 2.03 bits per heavy atom. The van der Waals surface area contributed by atoms with Crippen molar-refractivity contribution >= 4 is 40.0 Å². The van der Waals surface area contributed by atoms with Crippen molar-refractivity contribution in [3.05, 3.63) is 60.4 Å². The number of anilines is 1. The number of ether oxygens (including phenoxy) is 1. The summed E-state index contributed by atoms with van der Waals surface area (Å²) in [6.45, 7) is 0.242. The Labute approximate surface area is 203 Å². The first-order chi connectivity index (χ1) is 17.1. The second-order valence-electron chi connectivity index (χ2n) is 7.61. The summed E-state index contributed by atoms with van der Waals surface area (Å²) < 4.78 is 12.9. The van der Waals surface area contributed by atoms with Gasteiger partial charge in [-0.05, 0) is 36.6 Å². The van der Waals surface area contributed by atoms with E-state index in [-0.39, 0.29) is 12.5 Å². The van der Waals surface area contributed by atoms with Crippen LogP contribution in [-0.2, 0) is 11.4 Å². The number of carboxylic acids is 1. The molecule has 0 fully saturated rings. The summed E-state index contributed by atoms with van der Waals surface area (Å²) >= 11 is 1.57. The fourth-order valence-corrected chi connectivity index (χ4v) is 4.03. The molecule has 0 radical (unpaired) electrons. The zero-order valence-electron chi connectivity index (χ0n) is 18.7. The van der Waals surface area contributed by atoms with Gasteiger partial charge in [-0.15, -0.1) is 15.3 Å². The van der Waals surface area contributed by atoms with Gasteiger partial charge in [0.2, 0.25) is 17.6 Å². The van der Waals surface area contributed by atoms with Crippen molar-refractivity contribution in [2.75, 3.05) is 17.3 Å². The highest BCUT2D eigenvalue weighted by Crippen LogP contribution is 2.29. The number of nitrogens with zero attached hydrogens (tertiary/aromatic N) is 6. The number of nitrogens with one attached hydrogen (secondary N) is 1. The SMILES string of the molecule is CSCC[C@H](Nc1cc(-c2nnc3c4ccccc4c(OCc4ccccn4)nn23)no1)C(=O)O. The summed E-state index contributed by atoms with van der Waals surface area (Å²) in [5.41, 5.74) is 1.65.